The van der Waals surface area contributed by atoms with Crippen molar-refractivity contribution in [2.75, 3.05) is 7.05 Å². The fraction of sp³-hybridized carbons (Fsp3) is 0.174. The average molecular weight is 434 g/mol. The van der Waals surface area contributed by atoms with Gasteiger partial charge >= 0.3 is 12.0 Å². The number of ether oxygens (including phenoxy) is 1. The van der Waals surface area contributed by atoms with Gasteiger partial charge in [0.25, 0.3) is 11.7 Å². The monoisotopic (exact) mass is 434 g/mol. The lowest BCUT2D eigenvalue weighted by Crippen LogP contribution is -2.41. The largest absolute Gasteiger partial charge is 0.441 e. The summed E-state index contributed by atoms with van der Waals surface area (Å²) in [4.78, 5) is 49.8. The van der Waals surface area contributed by atoms with Crippen molar-refractivity contribution >= 4 is 23.7 Å². The summed E-state index contributed by atoms with van der Waals surface area (Å²) < 4.78 is 6.83. The van der Waals surface area contributed by atoms with Crippen LogP contribution in [0.3, 0.4) is 0 Å². The summed E-state index contributed by atoms with van der Waals surface area (Å²) in [6, 6.07) is 16.5. The number of Topliss-reactive ketones (excluding diaryl/α,β-unsaturated/α-hetero) is 1. The lowest BCUT2D eigenvalue weighted by atomic mass is 10.1. The van der Waals surface area contributed by atoms with Crippen LogP contribution in [0.4, 0.5) is 4.79 Å². The first-order chi connectivity index (χ1) is 15.3. The van der Waals surface area contributed by atoms with Gasteiger partial charge in [-0.05, 0) is 26.0 Å². The first-order valence-electron chi connectivity index (χ1n) is 9.78. The van der Waals surface area contributed by atoms with E-state index in [2.05, 4.69) is 15.7 Å². The molecule has 164 valence electrons. The van der Waals surface area contributed by atoms with E-state index in [1.807, 2.05) is 30.3 Å². The molecule has 1 unspecified atom stereocenters. The zero-order chi connectivity index (χ0) is 23.3. The number of esters is 1. The first-order valence-corrected chi connectivity index (χ1v) is 9.78. The molecule has 9 nitrogen and oxygen atoms in total. The standard InChI is InChI=1S/C23H22N4O5/c1-14-18(15(2)27(26-14)17-12-8-5-9-13-17)19(28)22(30)32-20(16-10-6-4-7-11-16)21(29)25-23(31)24-3/h4-13,20H,1-3H3,(H2,24,25,29,31). The van der Waals surface area contributed by atoms with E-state index in [9.17, 15) is 19.2 Å². The number of hydrogen-bond donors (Lipinski definition) is 2. The van der Waals surface area contributed by atoms with Crippen LogP contribution in [0.2, 0.25) is 0 Å². The Kier molecular flexibility index (Phi) is 6.79. The number of carbonyl (C=O) groups is 4. The van der Waals surface area contributed by atoms with Gasteiger partial charge in [0.05, 0.1) is 22.6 Å². The van der Waals surface area contributed by atoms with E-state index in [1.54, 1.807) is 48.9 Å². The molecule has 3 amide bonds. The van der Waals surface area contributed by atoms with Gasteiger partial charge in [-0.3, -0.25) is 14.9 Å². The van der Waals surface area contributed by atoms with E-state index in [1.165, 1.54) is 7.05 Å². The van der Waals surface area contributed by atoms with Crippen molar-refractivity contribution in [3.05, 3.63) is 83.2 Å². The van der Waals surface area contributed by atoms with Crippen LogP contribution in [0.1, 0.15) is 33.4 Å². The summed E-state index contributed by atoms with van der Waals surface area (Å²) in [5, 5.41) is 8.68. The van der Waals surface area contributed by atoms with E-state index in [0.717, 1.165) is 5.69 Å². The Hall–Kier alpha value is -4.27. The van der Waals surface area contributed by atoms with Crippen LogP contribution in [0.5, 0.6) is 0 Å². The van der Waals surface area contributed by atoms with Crippen LogP contribution in [0.25, 0.3) is 5.69 Å². The molecule has 3 aromatic rings. The van der Waals surface area contributed by atoms with Crippen molar-refractivity contribution in [2.24, 2.45) is 0 Å². The predicted octanol–water partition coefficient (Wildman–Crippen LogP) is 2.41. The molecule has 0 fully saturated rings. The summed E-state index contributed by atoms with van der Waals surface area (Å²) in [7, 11) is 1.34. The molecule has 0 saturated heterocycles. The van der Waals surface area contributed by atoms with Gasteiger partial charge in [-0.25, -0.2) is 14.3 Å². The molecule has 2 N–H and O–H groups in total. The Labute approximate surface area is 184 Å². The third-order valence-electron chi connectivity index (χ3n) is 4.73. The highest BCUT2D eigenvalue weighted by atomic mass is 16.6. The van der Waals surface area contributed by atoms with Crippen molar-refractivity contribution in [1.82, 2.24) is 20.4 Å². The Balaban J connectivity index is 1.88. The highest BCUT2D eigenvalue weighted by Gasteiger charge is 2.32. The average Bonchev–Trinajstić information content (AvgIpc) is 3.11. The quantitative estimate of drug-likeness (QED) is 0.349. The number of imide groups is 1. The second-order valence-corrected chi connectivity index (χ2v) is 6.89. The summed E-state index contributed by atoms with van der Waals surface area (Å²) in [5.74, 6) is -3.05. The number of carbonyl (C=O) groups excluding carboxylic acids is 4. The predicted molar refractivity (Wildman–Crippen MR) is 115 cm³/mol. The fourth-order valence-electron chi connectivity index (χ4n) is 3.20. The maximum Gasteiger partial charge on any atom is 0.380 e. The SMILES string of the molecule is CNC(=O)NC(=O)C(OC(=O)C(=O)c1c(C)nn(-c2ccccc2)c1C)c1ccccc1. The summed E-state index contributed by atoms with van der Waals surface area (Å²) in [6.45, 7) is 3.28. The summed E-state index contributed by atoms with van der Waals surface area (Å²) in [6.07, 6.45) is -1.49. The van der Waals surface area contributed by atoms with Crippen LogP contribution in [0.15, 0.2) is 60.7 Å². The highest BCUT2D eigenvalue weighted by molar-refractivity contribution is 6.41. The number of hydrogen-bond acceptors (Lipinski definition) is 6. The van der Waals surface area contributed by atoms with Crippen molar-refractivity contribution in [3.63, 3.8) is 0 Å². The second kappa shape index (κ2) is 9.69. The first kappa shape index (κ1) is 22.4. The van der Waals surface area contributed by atoms with Gasteiger partial charge in [-0.15, -0.1) is 0 Å². The zero-order valence-corrected chi connectivity index (χ0v) is 17.8. The van der Waals surface area contributed by atoms with Gasteiger partial charge in [-0.1, -0.05) is 48.5 Å². The van der Waals surface area contributed by atoms with E-state index >= 15 is 0 Å². The van der Waals surface area contributed by atoms with Gasteiger partial charge in [0.15, 0.2) is 0 Å². The summed E-state index contributed by atoms with van der Waals surface area (Å²) >= 11 is 0. The molecule has 0 aliphatic heterocycles. The molecule has 2 aromatic carbocycles. The molecule has 0 bridgehead atoms. The van der Waals surface area contributed by atoms with E-state index < -0.39 is 29.8 Å². The maximum atomic E-state index is 13.0. The number of para-hydroxylation sites is 1. The minimum Gasteiger partial charge on any atom is -0.441 e. The number of nitrogens with zero attached hydrogens (tertiary/aromatic N) is 2. The Morgan fingerprint density at radius 3 is 2.12 bits per heavy atom. The lowest BCUT2D eigenvalue weighted by molar-refractivity contribution is -0.151. The Morgan fingerprint density at radius 2 is 1.53 bits per heavy atom. The molecule has 9 heteroatoms. The molecular formula is C23H22N4O5. The van der Waals surface area contributed by atoms with Crippen LogP contribution in [-0.4, -0.2) is 40.5 Å². The Morgan fingerprint density at radius 1 is 0.938 bits per heavy atom. The van der Waals surface area contributed by atoms with Crippen LogP contribution in [0, 0.1) is 13.8 Å². The van der Waals surface area contributed by atoms with E-state index in [4.69, 9.17) is 4.74 Å². The number of aromatic nitrogens is 2. The van der Waals surface area contributed by atoms with Gasteiger partial charge in [0, 0.05) is 12.6 Å². The van der Waals surface area contributed by atoms with Crippen LogP contribution < -0.4 is 10.6 Å². The number of rotatable bonds is 6. The molecule has 0 aliphatic rings. The van der Waals surface area contributed by atoms with Gasteiger partial charge in [0.1, 0.15) is 0 Å². The van der Waals surface area contributed by atoms with Gasteiger partial charge in [0.2, 0.25) is 6.10 Å². The number of benzene rings is 2. The topological polar surface area (TPSA) is 119 Å². The van der Waals surface area contributed by atoms with Crippen molar-refractivity contribution in [1.29, 1.82) is 0 Å². The van der Waals surface area contributed by atoms with Gasteiger partial charge < -0.3 is 10.1 Å². The third-order valence-corrected chi connectivity index (χ3v) is 4.73. The highest BCUT2D eigenvalue weighted by Crippen LogP contribution is 2.22. The van der Waals surface area contributed by atoms with E-state index in [-0.39, 0.29) is 5.56 Å². The van der Waals surface area contributed by atoms with Crippen molar-refractivity contribution in [2.45, 2.75) is 20.0 Å². The number of amides is 3. The molecule has 3 rings (SSSR count). The molecule has 1 aromatic heterocycles. The molecule has 0 radical (unpaired) electrons. The van der Waals surface area contributed by atoms with E-state index in [0.29, 0.717) is 17.0 Å². The molecule has 0 spiro atoms. The summed E-state index contributed by atoms with van der Waals surface area (Å²) in [5.41, 5.74) is 1.94. The van der Waals surface area contributed by atoms with Crippen LogP contribution >= 0.6 is 0 Å². The normalized spacial score (nSPS) is 11.3. The molecule has 0 aliphatic carbocycles. The minimum absolute atomic E-state index is 0.0948. The molecular weight excluding hydrogens is 412 g/mol. The number of aryl methyl sites for hydroxylation is 1. The van der Waals surface area contributed by atoms with Crippen molar-refractivity contribution in [3.8, 4) is 5.69 Å². The van der Waals surface area contributed by atoms with Gasteiger partial charge in [-0.2, -0.15) is 5.10 Å². The lowest BCUT2D eigenvalue weighted by Gasteiger charge is -2.17. The third kappa shape index (κ3) is 4.72. The Bertz CT molecular complexity index is 1160. The van der Waals surface area contributed by atoms with Crippen LogP contribution in [-0.2, 0) is 14.3 Å². The number of ketones is 1. The minimum atomic E-state index is -1.49. The number of urea groups is 1. The molecule has 1 heterocycles. The molecule has 1 atom stereocenters. The number of nitrogens with one attached hydrogen (secondary N) is 2. The fourth-order valence-corrected chi connectivity index (χ4v) is 3.20. The molecule has 0 saturated carbocycles. The smallest absolute Gasteiger partial charge is 0.380 e. The second-order valence-electron chi connectivity index (χ2n) is 6.89. The maximum absolute atomic E-state index is 13.0. The zero-order valence-electron chi connectivity index (χ0n) is 17.8. The molecule has 32 heavy (non-hydrogen) atoms. The van der Waals surface area contributed by atoms with Crippen molar-refractivity contribution < 1.29 is 23.9 Å².